The van der Waals surface area contributed by atoms with E-state index in [-0.39, 0.29) is 5.56 Å². The first-order valence-corrected chi connectivity index (χ1v) is 7.54. The van der Waals surface area contributed by atoms with Crippen molar-refractivity contribution in [3.05, 3.63) is 34.2 Å². The molecule has 107 valence electrons. The summed E-state index contributed by atoms with van der Waals surface area (Å²) < 4.78 is 28.5. The van der Waals surface area contributed by atoms with Gasteiger partial charge in [0.15, 0.2) is 5.51 Å². The minimum Gasteiger partial charge on any atom is -0.370 e. The van der Waals surface area contributed by atoms with Crippen molar-refractivity contribution in [3.8, 4) is 11.3 Å². The summed E-state index contributed by atoms with van der Waals surface area (Å²) in [6.45, 7) is 7.07. The molecule has 0 amide bonds. The highest BCUT2D eigenvalue weighted by atomic mass is 32.1. The molecule has 0 spiro atoms. The van der Waals surface area contributed by atoms with Gasteiger partial charge in [-0.15, -0.1) is 11.3 Å². The van der Waals surface area contributed by atoms with Crippen LogP contribution in [0.2, 0.25) is 0 Å². The van der Waals surface area contributed by atoms with E-state index in [1.54, 1.807) is 4.90 Å². The normalized spacial score (nSPS) is 10.8. The fraction of sp³-hybridized carbons (Fsp3) is 0.400. The SMILES string of the molecule is CCc1s[c]nc1-c1cc(F)c(N(CC)CC)cc1F. The van der Waals surface area contributed by atoms with Crippen molar-refractivity contribution in [2.45, 2.75) is 27.2 Å². The summed E-state index contributed by atoms with van der Waals surface area (Å²) in [7, 11) is 0. The van der Waals surface area contributed by atoms with E-state index >= 15 is 0 Å². The van der Waals surface area contributed by atoms with Crippen LogP contribution in [-0.4, -0.2) is 18.1 Å². The molecule has 1 aromatic carbocycles. The molecule has 1 heterocycles. The highest BCUT2D eigenvalue weighted by Gasteiger charge is 2.18. The average molecular weight is 295 g/mol. The molecule has 0 N–H and O–H groups in total. The molecule has 0 bridgehead atoms. The van der Waals surface area contributed by atoms with Crippen LogP contribution in [0.1, 0.15) is 25.6 Å². The second-order valence-electron chi connectivity index (χ2n) is 4.39. The summed E-state index contributed by atoms with van der Waals surface area (Å²) in [4.78, 5) is 6.75. The molecule has 0 fully saturated rings. The molecule has 0 aliphatic heterocycles. The van der Waals surface area contributed by atoms with Crippen molar-refractivity contribution in [1.29, 1.82) is 0 Å². The molecule has 2 rings (SSSR count). The molecule has 1 aromatic heterocycles. The van der Waals surface area contributed by atoms with Crippen LogP contribution in [0.4, 0.5) is 14.5 Å². The number of hydrogen-bond acceptors (Lipinski definition) is 3. The first kappa shape index (κ1) is 14.9. The van der Waals surface area contributed by atoms with Crippen LogP contribution in [0.5, 0.6) is 0 Å². The van der Waals surface area contributed by atoms with E-state index in [4.69, 9.17) is 0 Å². The van der Waals surface area contributed by atoms with E-state index < -0.39 is 11.6 Å². The Labute approximate surface area is 122 Å². The van der Waals surface area contributed by atoms with Gasteiger partial charge in [0, 0.05) is 29.6 Å². The monoisotopic (exact) mass is 295 g/mol. The third-order valence-electron chi connectivity index (χ3n) is 3.31. The van der Waals surface area contributed by atoms with Crippen molar-refractivity contribution in [2.24, 2.45) is 0 Å². The first-order chi connectivity index (χ1) is 9.62. The Hall–Kier alpha value is -1.49. The zero-order valence-corrected chi connectivity index (χ0v) is 12.7. The van der Waals surface area contributed by atoms with Gasteiger partial charge in [-0.25, -0.2) is 13.8 Å². The van der Waals surface area contributed by atoms with Crippen LogP contribution >= 0.6 is 11.3 Å². The molecule has 0 saturated carbocycles. The maximum atomic E-state index is 14.3. The van der Waals surface area contributed by atoms with Crippen molar-refractivity contribution in [1.82, 2.24) is 4.98 Å². The van der Waals surface area contributed by atoms with Crippen LogP contribution in [0.3, 0.4) is 0 Å². The van der Waals surface area contributed by atoms with Crippen LogP contribution in [0, 0.1) is 17.1 Å². The number of aromatic nitrogens is 1. The van der Waals surface area contributed by atoms with Gasteiger partial charge in [0.25, 0.3) is 0 Å². The Bertz CT molecular complexity index is 592. The number of hydrogen-bond donors (Lipinski definition) is 0. The summed E-state index contributed by atoms with van der Waals surface area (Å²) in [5, 5.41) is 0. The second kappa shape index (κ2) is 6.31. The average Bonchev–Trinajstić information content (AvgIpc) is 2.91. The van der Waals surface area contributed by atoms with Gasteiger partial charge in [-0.3, -0.25) is 0 Å². The lowest BCUT2D eigenvalue weighted by atomic mass is 10.1. The van der Waals surface area contributed by atoms with Gasteiger partial charge in [0.2, 0.25) is 0 Å². The number of nitrogens with zero attached hydrogens (tertiary/aromatic N) is 2. The lowest BCUT2D eigenvalue weighted by Gasteiger charge is -2.22. The molecule has 5 heteroatoms. The zero-order chi connectivity index (χ0) is 14.7. The maximum absolute atomic E-state index is 14.3. The predicted molar refractivity (Wildman–Crippen MR) is 79.2 cm³/mol. The molecule has 0 aliphatic rings. The number of rotatable bonds is 5. The van der Waals surface area contributed by atoms with E-state index in [9.17, 15) is 8.78 Å². The van der Waals surface area contributed by atoms with E-state index in [1.165, 1.54) is 23.5 Å². The number of aryl methyl sites for hydroxylation is 1. The Balaban J connectivity index is 2.51. The molecule has 2 nitrogen and oxygen atoms in total. The van der Waals surface area contributed by atoms with Crippen LogP contribution in [-0.2, 0) is 6.42 Å². The lowest BCUT2D eigenvalue weighted by molar-refractivity contribution is 0.597. The summed E-state index contributed by atoms with van der Waals surface area (Å²) in [5.74, 6) is -0.859. The Morgan fingerprint density at radius 1 is 1.15 bits per heavy atom. The minimum atomic E-state index is -0.442. The molecule has 0 saturated heterocycles. The topological polar surface area (TPSA) is 16.1 Å². The van der Waals surface area contributed by atoms with Crippen LogP contribution < -0.4 is 4.90 Å². The molecular formula is C15H17F2N2S. The number of benzene rings is 1. The fourth-order valence-electron chi connectivity index (χ4n) is 2.21. The Kier molecular flexibility index (Phi) is 4.70. The van der Waals surface area contributed by atoms with Gasteiger partial charge in [0.1, 0.15) is 11.6 Å². The Morgan fingerprint density at radius 2 is 1.85 bits per heavy atom. The summed E-state index contributed by atoms with van der Waals surface area (Å²) in [6.07, 6.45) is 0.732. The van der Waals surface area contributed by atoms with E-state index in [0.29, 0.717) is 24.5 Å². The van der Waals surface area contributed by atoms with Crippen molar-refractivity contribution < 1.29 is 8.78 Å². The third kappa shape index (κ3) is 2.68. The predicted octanol–water partition coefficient (Wildman–Crippen LogP) is 4.30. The van der Waals surface area contributed by atoms with Crippen LogP contribution in [0.15, 0.2) is 12.1 Å². The molecule has 0 unspecified atom stereocenters. The van der Waals surface area contributed by atoms with E-state index in [1.807, 2.05) is 20.8 Å². The molecular weight excluding hydrogens is 278 g/mol. The maximum Gasteiger partial charge on any atom is 0.153 e. The molecule has 0 atom stereocenters. The molecule has 0 aliphatic carbocycles. The quantitative estimate of drug-likeness (QED) is 0.817. The molecule has 2 aromatic rings. The van der Waals surface area contributed by atoms with Gasteiger partial charge in [-0.05, 0) is 26.3 Å². The third-order valence-corrected chi connectivity index (χ3v) is 4.22. The van der Waals surface area contributed by atoms with Gasteiger partial charge in [0.05, 0.1) is 11.4 Å². The molecule has 20 heavy (non-hydrogen) atoms. The van der Waals surface area contributed by atoms with Crippen molar-refractivity contribution in [2.75, 3.05) is 18.0 Å². The zero-order valence-electron chi connectivity index (χ0n) is 11.8. The summed E-state index contributed by atoms with van der Waals surface area (Å²) in [6, 6.07) is 2.50. The Morgan fingerprint density at radius 3 is 2.45 bits per heavy atom. The van der Waals surface area contributed by atoms with Gasteiger partial charge in [-0.1, -0.05) is 6.92 Å². The van der Waals surface area contributed by atoms with E-state index in [2.05, 4.69) is 10.5 Å². The highest BCUT2D eigenvalue weighted by molar-refractivity contribution is 7.09. The van der Waals surface area contributed by atoms with Crippen LogP contribution in [0.25, 0.3) is 11.3 Å². The summed E-state index contributed by atoms with van der Waals surface area (Å²) in [5.41, 5.74) is 3.76. The van der Waals surface area contributed by atoms with Crippen molar-refractivity contribution >= 4 is 17.0 Å². The number of anilines is 1. The van der Waals surface area contributed by atoms with Gasteiger partial charge >= 0.3 is 0 Å². The summed E-state index contributed by atoms with van der Waals surface area (Å²) >= 11 is 1.34. The second-order valence-corrected chi connectivity index (χ2v) is 5.27. The first-order valence-electron chi connectivity index (χ1n) is 6.72. The van der Waals surface area contributed by atoms with Gasteiger partial charge < -0.3 is 4.90 Å². The van der Waals surface area contributed by atoms with Gasteiger partial charge in [-0.2, -0.15) is 0 Å². The van der Waals surface area contributed by atoms with E-state index in [0.717, 1.165) is 11.3 Å². The largest absolute Gasteiger partial charge is 0.370 e. The van der Waals surface area contributed by atoms with Crippen molar-refractivity contribution in [3.63, 3.8) is 0 Å². The number of halogens is 2. The molecule has 1 radical (unpaired) electrons. The minimum absolute atomic E-state index is 0.216. The fourth-order valence-corrected chi connectivity index (χ4v) is 2.85. The smallest absolute Gasteiger partial charge is 0.153 e. The lowest BCUT2D eigenvalue weighted by Crippen LogP contribution is -2.23. The standard InChI is InChI=1S/C15H17F2N2S/c1-4-14-15(18-9-20-14)10-7-12(17)13(8-11(10)16)19(5-2)6-3/h7-8H,4-6H2,1-3H3. The number of thiazole rings is 1. The highest BCUT2D eigenvalue weighted by Crippen LogP contribution is 2.32.